The van der Waals surface area contributed by atoms with Crippen molar-refractivity contribution in [2.45, 2.75) is 13.5 Å². The van der Waals surface area contributed by atoms with Crippen LogP contribution in [0.1, 0.15) is 11.3 Å². The van der Waals surface area contributed by atoms with E-state index in [-0.39, 0.29) is 0 Å². The Labute approximate surface area is 122 Å². The molecule has 0 fully saturated rings. The second-order valence-electron chi connectivity index (χ2n) is 4.64. The van der Waals surface area contributed by atoms with Crippen molar-refractivity contribution in [3.8, 4) is 0 Å². The summed E-state index contributed by atoms with van der Waals surface area (Å²) in [4.78, 5) is 0. The zero-order valence-corrected chi connectivity index (χ0v) is 12.0. The molecule has 0 amide bonds. The molecule has 0 aliphatic heterocycles. The first kappa shape index (κ1) is 12.6. The third-order valence-corrected chi connectivity index (χ3v) is 4.24. The Morgan fingerprint density at radius 3 is 2.63 bits per heavy atom. The Hall–Kier alpha value is -1.44. The summed E-state index contributed by atoms with van der Waals surface area (Å²) in [5, 5.41) is 2.49. The second-order valence-corrected chi connectivity index (χ2v) is 5.43. The summed E-state index contributed by atoms with van der Waals surface area (Å²) in [6.07, 6.45) is 0. The average molecular weight is 290 g/mol. The number of hydrogen-bond donors (Lipinski definition) is 0. The number of rotatable bonds is 2. The highest BCUT2D eigenvalue weighted by molar-refractivity contribution is 6.42. The summed E-state index contributed by atoms with van der Waals surface area (Å²) >= 11 is 12.3. The van der Waals surface area contributed by atoms with Gasteiger partial charge in [0.25, 0.3) is 0 Å². The highest BCUT2D eigenvalue weighted by atomic mass is 35.5. The smallest absolute Gasteiger partial charge is 0.0642 e. The molecule has 0 bridgehead atoms. The van der Waals surface area contributed by atoms with Gasteiger partial charge in [0.05, 0.1) is 10.0 Å². The Morgan fingerprint density at radius 2 is 1.79 bits per heavy atom. The topological polar surface area (TPSA) is 4.93 Å². The molecule has 3 heteroatoms. The van der Waals surface area contributed by atoms with E-state index in [2.05, 4.69) is 41.8 Å². The highest BCUT2D eigenvalue weighted by Gasteiger charge is 2.09. The van der Waals surface area contributed by atoms with Crippen LogP contribution < -0.4 is 0 Å². The van der Waals surface area contributed by atoms with Crippen molar-refractivity contribution in [1.82, 2.24) is 4.57 Å². The fraction of sp³-hybridized carbons (Fsp3) is 0.125. The van der Waals surface area contributed by atoms with E-state index in [1.165, 1.54) is 16.6 Å². The lowest BCUT2D eigenvalue weighted by Crippen LogP contribution is -2.02. The van der Waals surface area contributed by atoms with E-state index in [1.807, 2.05) is 18.2 Å². The lowest BCUT2D eigenvalue weighted by atomic mass is 10.2. The van der Waals surface area contributed by atoms with E-state index in [0.717, 1.165) is 12.1 Å². The number of aryl methyl sites for hydroxylation is 1. The summed E-state index contributed by atoms with van der Waals surface area (Å²) in [5.74, 6) is 0. The molecule has 2 aromatic carbocycles. The first-order valence-electron chi connectivity index (χ1n) is 6.14. The molecule has 0 saturated carbocycles. The standard InChI is InChI=1S/C16H13Cl2N/c1-11-9-12-5-2-3-8-15(12)19(11)10-13-6-4-7-14(17)16(13)18/h2-9H,10H2,1H3. The van der Waals surface area contributed by atoms with Crippen molar-refractivity contribution in [2.75, 3.05) is 0 Å². The van der Waals surface area contributed by atoms with Gasteiger partial charge in [0, 0.05) is 17.8 Å². The van der Waals surface area contributed by atoms with E-state index in [9.17, 15) is 0 Å². The van der Waals surface area contributed by atoms with Gasteiger partial charge in [0.15, 0.2) is 0 Å². The highest BCUT2D eigenvalue weighted by Crippen LogP contribution is 2.28. The lowest BCUT2D eigenvalue weighted by Gasteiger charge is -2.10. The predicted octanol–water partition coefficient (Wildman–Crippen LogP) is 5.30. The van der Waals surface area contributed by atoms with Crippen LogP contribution in [0.2, 0.25) is 10.0 Å². The maximum Gasteiger partial charge on any atom is 0.0642 e. The molecule has 3 rings (SSSR count). The Balaban J connectivity index is 2.11. The SMILES string of the molecule is Cc1cc2ccccc2n1Cc1cccc(Cl)c1Cl. The van der Waals surface area contributed by atoms with Crippen LogP contribution in [-0.4, -0.2) is 4.57 Å². The molecule has 1 aromatic heterocycles. The molecule has 0 saturated heterocycles. The van der Waals surface area contributed by atoms with Gasteiger partial charge in [-0.05, 0) is 36.1 Å². The number of hydrogen-bond acceptors (Lipinski definition) is 0. The second kappa shape index (κ2) is 4.92. The fourth-order valence-electron chi connectivity index (χ4n) is 2.40. The van der Waals surface area contributed by atoms with E-state index < -0.39 is 0 Å². The number of benzene rings is 2. The summed E-state index contributed by atoms with van der Waals surface area (Å²) in [7, 11) is 0. The molecule has 19 heavy (non-hydrogen) atoms. The molecular weight excluding hydrogens is 277 g/mol. The zero-order chi connectivity index (χ0) is 13.4. The predicted molar refractivity (Wildman–Crippen MR) is 82.2 cm³/mol. The molecule has 0 spiro atoms. The number of nitrogens with zero attached hydrogens (tertiary/aromatic N) is 1. The number of aromatic nitrogens is 1. The van der Waals surface area contributed by atoms with E-state index in [4.69, 9.17) is 23.2 Å². The molecule has 1 nitrogen and oxygen atoms in total. The van der Waals surface area contributed by atoms with Gasteiger partial charge in [-0.1, -0.05) is 53.5 Å². The normalized spacial score (nSPS) is 11.1. The lowest BCUT2D eigenvalue weighted by molar-refractivity contribution is 0.805. The van der Waals surface area contributed by atoms with Crippen LogP contribution in [0.5, 0.6) is 0 Å². The third-order valence-electron chi connectivity index (χ3n) is 3.38. The van der Waals surface area contributed by atoms with Gasteiger partial charge in [-0.15, -0.1) is 0 Å². The Kier molecular flexibility index (Phi) is 3.26. The van der Waals surface area contributed by atoms with Gasteiger partial charge in [0.1, 0.15) is 0 Å². The number of halogens is 2. The van der Waals surface area contributed by atoms with Crippen LogP contribution in [0.4, 0.5) is 0 Å². The Bertz CT molecular complexity index is 744. The maximum atomic E-state index is 6.27. The molecule has 3 aromatic rings. The van der Waals surface area contributed by atoms with Gasteiger partial charge in [-0.25, -0.2) is 0 Å². The van der Waals surface area contributed by atoms with Crippen molar-refractivity contribution in [1.29, 1.82) is 0 Å². The largest absolute Gasteiger partial charge is 0.340 e. The van der Waals surface area contributed by atoms with Crippen LogP contribution in [0.15, 0.2) is 48.5 Å². The van der Waals surface area contributed by atoms with E-state index in [0.29, 0.717) is 10.0 Å². The molecule has 0 aliphatic rings. The minimum Gasteiger partial charge on any atom is -0.340 e. The van der Waals surface area contributed by atoms with E-state index >= 15 is 0 Å². The van der Waals surface area contributed by atoms with Gasteiger partial charge in [-0.2, -0.15) is 0 Å². The summed E-state index contributed by atoms with van der Waals surface area (Å²) in [6.45, 7) is 2.84. The monoisotopic (exact) mass is 289 g/mol. The maximum absolute atomic E-state index is 6.27. The Morgan fingerprint density at radius 1 is 1.00 bits per heavy atom. The van der Waals surface area contributed by atoms with Crippen molar-refractivity contribution in [3.05, 3.63) is 69.8 Å². The first-order chi connectivity index (χ1) is 9.16. The molecule has 0 unspecified atom stereocenters. The number of fused-ring (bicyclic) bond motifs is 1. The van der Waals surface area contributed by atoms with Crippen molar-refractivity contribution in [3.63, 3.8) is 0 Å². The third kappa shape index (κ3) is 2.24. The van der Waals surface area contributed by atoms with Crippen molar-refractivity contribution >= 4 is 34.1 Å². The molecule has 0 atom stereocenters. The van der Waals surface area contributed by atoms with Crippen LogP contribution >= 0.6 is 23.2 Å². The van der Waals surface area contributed by atoms with Crippen LogP contribution in [-0.2, 0) is 6.54 Å². The van der Waals surface area contributed by atoms with Crippen LogP contribution in [0.3, 0.4) is 0 Å². The zero-order valence-electron chi connectivity index (χ0n) is 10.5. The minimum absolute atomic E-state index is 0.605. The summed E-state index contributed by atoms with van der Waals surface area (Å²) in [6, 6.07) is 16.3. The van der Waals surface area contributed by atoms with Crippen molar-refractivity contribution in [2.24, 2.45) is 0 Å². The molecule has 1 heterocycles. The van der Waals surface area contributed by atoms with Crippen LogP contribution in [0.25, 0.3) is 10.9 Å². The quantitative estimate of drug-likeness (QED) is 0.603. The fourth-order valence-corrected chi connectivity index (χ4v) is 2.78. The van der Waals surface area contributed by atoms with Gasteiger partial charge in [0.2, 0.25) is 0 Å². The van der Waals surface area contributed by atoms with Crippen molar-refractivity contribution < 1.29 is 0 Å². The van der Waals surface area contributed by atoms with Gasteiger partial charge in [-0.3, -0.25) is 0 Å². The average Bonchev–Trinajstić information content (AvgIpc) is 2.72. The molecule has 96 valence electrons. The molecule has 0 aliphatic carbocycles. The van der Waals surface area contributed by atoms with Gasteiger partial charge >= 0.3 is 0 Å². The summed E-state index contributed by atoms with van der Waals surface area (Å²) in [5.41, 5.74) is 3.48. The van der Waals surface area contributed by atoms with E-state index in [1.54, 1.807) is 0 Å². The van der Waals surface area contributed by atoms with Gasteiger partial charge < -0.3 is 4.57 Å². The van der Waals surface area contributed by atoms with Crippen LogP contribution in [0, 0.1) is 6.92 Å². The molecule has 0 N–H and O–H groups in total. The number of para-hydroxylation sites is 1. The summed E-state index contributed by atoms with van der Waals surface area (Å²) < 4.78 is 2.26. The molecule has 0 radical (unpaired) electrons. The minimum atomic E-state index is 0.605. The molecular formula is C16H13Cl2N. The first-order valence-corrected chi connectivity index (χ1v) is 6.90.